The summed E-state index contributed by atoms with van der Waals surface area (Å²) in [5.74, 6) is 5.53. The highest BCUT2D eigenvalue weighted by Crippen LogP contribution is 2.38. The van der Waals surface area contributed by atoms with Crippen LogP contribution < -0.4 is 17.0 Å². The lowest BCUT2D eigenvalue weighted by molar-refractivity contribution is 0.918. The fourth-order valence-corrected chi connectivity index (χ4v) is 2.94. The molecule has 0 spiro atoms. The molecule has 0 saturated heterocycles. The number of fused-ring (bicyclic) bond motifs is 3. The molecule has 2 aromatic carbocycles. The number of hydrogen-bond donors (Lipinski definition) is 3. The molecular formula is C18H19N3. The summed E-state index contributed by atoms with van der Waals surface area (Å²) in [7, 11) is 0. The highest BCUT2D eigenvalue weighted by Gasteiger charge is 2.19. The summed E-state index contributed by atoms with van der Waals surface area (Å²) in [5, 5.41) is 0. The number of anilines is 1. The maximum absolute atomic E-state index is 5.88. The monoisotopic (exact) mass is 277 g/mol. The summed E-state index contributed by atoms with van der Waals surface area (Å²) in [6, 6.07) is 12.7. The molecule has 1 aliphatic rings. The first-order valence-corrected chi connectivity index (χ1v) is 6.96. The van der Waals surface area contributed by atoms with Gasteiger partial charge in [0.1, 0.15) is 0 Å². The Kier molecular flexibility index (Phi) is 3.28. The maximum atomic E-state index is 5.88. The summed E-state index contributed by atoms with van der Waals surface area (Å²) >= 11 is 0. The van der Waals surface area contributed by atoms with Crippen molar-refractivity contribution in [1.29, 1.82) is 0 Å². The van der Waals surface area contributed by atoms with E-state index >= 15 is 0 Å². The van der Waals surface area contributed by atoms with Gasteiger partial charge in [0, 0.05) is 5.69 Å². The van der Waals surface area contributed by atoms with Crippen LogP contribution in [0.1, 0.15) is 23.6 Å². The Morgan fingerprint density at radius 1 is 1.14 bits per heavy atom. The Balaban J connectivity index is 2.07. The second-order valence-corrected chi connectivity index (χ2v) is 5.35. The molecule has 2 aromatic rings. The summed E-state index contributed by atoms with van der Waals surface area (Å²) in [5.41, 5.74) is 17.7. The largest absolute Gasteiger partial charge is 0.399 e. The number of nitrogen functional groups attached to an aromatic ring is 1. The van der Waals surface area contributed by atoms with Gasteiger partial charge >= 0.3 is 0 Å². The van der Waals surface area contributed by atoms with Crippen LogP contribution >= 0.6 is 0 Å². The Hall–Kier alpha value is -2.52. The van der Waals surface area contributed by atoms with Crippen LogP contribution in [0.3, 0.4) is 0 Å². The maximum Gasteiger partial charge on any atom is 0.0514 e. The Labute approximate surface area is 124 Å². The van der Waals surface area contributed by atoms with E-state index in [0.717, 1.165) is 28.9 Å². The van der Waals surface area contributed by atoms with Crippen LogP contribution in [0.5, 0.6) is 0 Å². The first-order chi connectivity index (χ1) is 10.1. The average Bonchev–Trinajstić information content (AvgIpc) is 2.84. The van der Waals surface area contributed by atoms with Crippen molar-refractivity contribution in [1.82, 2.24) is 5.43 Å². The van der Waals surface area contributed by atoms with Crippen molar-refractivity contribution in [3.05, 3.63) is 71.4 Å². The smallest absolute Gasteiger partial charge is 0.0514 e. The zero-order chi connectivity index (χ0) is 15.0. The number of rotatable bonds is 3. The van der Waals surface area contributed by atoms with Crippen LogP contribution in [-0.4, -0.2) is 0 Å². The lowest BCUT2D eigenvalue weighted by Gasteiger charge is -2.10. The quantitative estimate of drug-likeness (QED) is 0.298. The van der Waals surface area contributed by atoms with Crippen molar-refractivity contribution >= 4 is 11.3 Å². The fourth-order valence-electron chi connectivity index (χ4n) is 2.94. The van der Waals surface area contributed by atoms with Gasteiger partial charge in [-0.25, -0.2) is 0 Å². The normalized spacial score (nSPS) is 13.2. The molecule has 0 fully saturated rings. The number of allylic oxidation sites excluding steroid dienone is 2. The Bertz CT molecular complexity index is 757. The van der Waals surface area contributed by atoms with Crippen molar-refractivity contribution in [2.75, 3.05) is 5.73 Å². The highest BCUT2D eigenvalue weighted by molar-refractivity contribution is 5.81. The number of hydrazine groups is 1. The molecule has 21 heavy (non-hydrogen) atoms. The second kappa shape index (κ2) is 5.11. The molecule has 0 saturated carbocycles. The third-order valence-corrected chi connectivity index (χ3v) is 4.10. The van der Waals surface area contributed by atoms with Gasteiger partial charge in [0.2, 0.25) is 0 Å². The van der Waals surface area contributed by atoms with Gasteiger partial charge in [0.05, 0.1) is 5.70 Å². The van der Waals surface area contributed by atoms with E-state index in [1.165, 1.54) is 22.3 Å². The molecule has 0 atom stereocenters. The number of nitrogens with two attached hydrogens (primary N) is 2. The van der Waals surface area contributed by atoms with E-state index in [4.69, 9.17) is 11.6 Å². The second-order valence-electron chi connectivity index (χ2n) is 5.35. The van der Waals surface area contributed by atoms with E-state index in [0.29, 0.717) is 0 Å². The van der Waals surface area contributed by atoms with Gasteiger partial charge in [0.15, 0.2) is 0 Å². The molecule has 0 heterocycles. The molecule has 0 bridgehead atoms. The lowest BCUT2D eigenvalue weighted by Crippen LogP contribution is -2.20. The van der Waals surface area contributed by atoms with Crippen LogP contribution in [0.2, 0.25) is 0 Å². The zero-order valence-electron chi connectivity index (χ0n) is 12.1. The predicted octanol–water partition coefficient (Wildman–Crippen LogP) is 3.22. The fraction of sp³-hybridized carbons (Fsp3) is 0.111. The van der Waals surface area contributed by atoms with Crippen LogP contribution in [-0.2, 0) is 6.42 Å². The molecule has 0 amide bonds. The summed E-state index contributed by atoms with van der Waals surface area (Å²) in [6.45, 7) is 5.82. The van der Waals surface area contributed by atoms with Gasteiger partial charge in [0.25, 0.3) is 0 Å². The predicted molar refractivity (Wildman–Crippen MR) is 89.2 cm³/mol. The van der Waals surface area contributed by atoms with Crippen molar-refractivity contribution < 1.29 is 0 Å². The zero-order valence-corrected chi connectivity index (χ0v) is 12.1. The molecule has 3 rings (SSSR count). The summed E-state index contributed by atoms with van der Waals surface area (Å²) < 4.78 is 0. The van der Waals surface area contributed by atoms with Crippen molar-refractivity contribution in [2.24, 2.45) is 5.84 Å². The molecule has 3 nitrogen and oxygen atoms in total. The molecule has 0 aromatic heterocycles. The van der Waals surface area contributed by atoms with Gasteiger partial charge in [-0.05, 0) is 64.9 Å². The van der Waals surface area contributed by atoms with Crippen molar-refractivity contribution in [3.63, 3.8) is 0 Å². The number of nitrogens with one attached hydrogen (secondary N) is 1. The average molecular weight is 277 g/mol. The standard InChI is InChI=1S/C18H19N3/c1-3-18(21-20)11(2)12-4-6-16-13(8-12)9-14-10-15(19)5-7-17(14)16/h3-8,10,21H,1,9,19-20H2,2H3/b18-11+. The van der Waals surface area contributed by atoms with E-state index in [-0.39, 0.29) is 0 Å². The molecule has 3 heteroatoms. The van der Waals surface area contributed by atoms with E-state index in [9.17, 15) is 0 Å². The van der Waals surface area contributed by atoms with Crippen molar-refractivity contribution in [3.8, 4) is 11.1 Å². The van der Waals surface area contributed by atoms with E-state index in [2.05, 4.69) is 42.3 Å². The molecule has 0 aliphatic heterocycles. The third-order valence-electron chi connectivity index (χ3n) is 4.10. The van der Waals surface area contributed by atoms with E-state index < -0.39 is 0 Å². The van der Waals surface area contributed by atoms with Gasteiger partial charge in [-0.15, -0.1) is 0 Å². The minimum atomic E-state index is 0.819. The molecular weight excluding hydrogens is 258 g/mol. The SMILES string of the molecule is C=C/C(NN)=C(/C)c1ccc2c(c1)Cc1cc(N)ccc1-2. The van der Waals surface area contributed by atoms with Gasteiger partial charge in [-0.1, -0.05) is 30.8 Å². The Morgan fingerprint density at radius 2 is 1.81 bits per heavy atom. The van der Waals surface area contributed by atoms with Gasteiger partial charge in [-0.2, -0.15) is 0 Å². The highest BCUT2D eigenvalue weighted by atomic mass is 15.2. The van der Waals surface area contributed by atoms with E-state index in [1.54, 1.807) is 6.08 Å². The third kappa shape index (κ3) is 2.22. The van der Waals surface area contributed by atoms with Crippen LogP contribution in [0.4, 0.5) is 5.69 Å². The molecule has 106 valence electrons. The summed E-state index contributed by atoms with van der Waals surface area (Å²) in [4.78, 5) is 0. The van der Waals surface area contributed by atoms with Gasteiger partial charge in [-0.3, -0.25) is 5.84 Å². The van der Waals surface area contributed by atoms with Gasteiger partial charge < -0.3 is 11.2 Å². The minimum Gasteiger partial charge on any atom is -0.399 e. The minimum absolute atomic E-state index is 0.819. The first kappa shape index (κ1) is 13.5. The number of hydrogen-bond acceptors (Lipinski definition) is 3. The number of benzene rings is 2. The van der Waals surface area contributed by atoms with Crippen LogP contribution in [0, 0.1) is 0 Å². The van der Waals surface area contributed by atoms with Crippen molar-refractivity contribution in [2.45, 2.75) is 13.3 Å². The summed E-state index contributed by atoms with van der Waals surface area (Å²) in [6.07, 6.45) is 2.66. The molecule has 0 radical (unpaired) electrons. The first-order valence-electron chi connectivity index (χ1n) is 6.96. The lowest BCUT2D eigenvalue weighted by atomic mass is 9.99. The van der Waals surface area contributed by atoms with Crippen LogP contribution in [0.25, 0.3) is 16.7 Å². The molecule has 5 N–H and O–H groups in total. The van der Waals surface area contributed by atoms with Crippen LogP contribution in [0.15, 0.2) is 54.8 Å². The molecule has 1 aliphatic carbocycles. The molecule has 0 unspecified atom stereocenters. The Morgan fingerprint density at radius 3 is 2.48 bits per heavy atom. The topological polar surface area (TPSA) is 64.1 Å². The van der Waals surface area contributed by atoms with E-state index in [1.807, 2.05) is 13.0 Å².